The Bertz CT molecular complexity index is 1330. The highest BCUT2D eigenvalue weighted by atomic mass is 32.2. The average molecular weight is 443 g/mol. The van der Waals surface area contributed by atoms with Gasteiger partial charge in [0, 0.05) is 52.6 Å². The number of anilines is 2. The molecule has 2 aromatic carbocycles. The summed E-state index contributed by atoms with van der Waals surface area (Å²) in [4.78, 5) is 21.8. The third kappa shape index (κ3) is 3.87. The van der Waals surface area contributed by atoms with Crippen molar-refractivity contribution in [3.05, 3.63) is 84.2 Å². The number of nitrogens with one attached hydrogen (secondary N) is 1. The maximum atomic E-state index is 12.8. The number of benzene rings is 2. The molecule has 1 unspecified atom stereocenters. The van der Waals surface area contributed by atoms with E-state index in [0.29, 0.717) is 17.0 Å². The second-order valence-electron chi connectivity index (χ2n) is 7.74. The Morgan fingerprint density at radius 1 is 1.03 bits per heavy atom. The minimum atomic E-state index is -0.971. The summed E-state index contributed by atoms with van der Waals surface area (Å²) in [5, 5.41) is 3.95. The molecule has 1 amide bonds. The molecule has 5 rings (SSSR count). The molecule has 1 atom stereocenters. The lowest BCUT2D eigenvalue weighted by atomic mass is 10.0. The quantitative estimate of drug-likeness (QED) is 0.496. The molecule has 6 nitrogen and oxygen atoms in total. The smallest absolute Gasteiger partial charge is 0.255 e. The molecule has 0 bridgehead atoms. The molecule has 0 radical (unpaired) electrons. The molecule has 4 aromatic rings. The number of amides is 1. The summed E-state index contributed by atoms with van der Waals surface area (Å²) in [6.07, 6.45) is 4.44. The van der Waals surface area contributed by atoms with Gasteiger partial charge >= 0.3 is 0 Å². The molecule has 1 aliphatic rings. The number of fused-ring (bicyclic) bond motifs is 1. The number of nitrogens with zero attached hydrogens (tertiary/aromatic N) is 3. The zero-order valence-electron chi connectivity index (χ0n) is 17.6. The first kappa shape index (κ1) is 20.3. The van der Waals surface area contributed by atoms with Gasteiger partial charge in [-0.05, 0) is 73.5 Å². The molecule has 0 saturated carbocycles. The number of carbonyl (C=O) groups excluding carboxylic acids is 1. The number of rotatable bonds is 4. The van der Waals surface area contributed by atoms with Gasteiger partial charge in [0.1, 0.15) is 11.0 Å². The van der Waals surface area contributed by atoms with E-state index in [9.17, 15) is 9.00 Å². The van der Waals surface area contributed by atoms with E-state index < -0.39 is 11.0 Å². The summed E-state index contributed by atoms with van der Waals surface area (Å²) in [7, 11) is -0.971. The van der Waals surface area contributed by atoms with Gasteiger partial charge in [-0.25, -0.2) is 4.21 Å². The Kier molecular flexibility index (Phi) is 5.41. The van der Waals surface area contributed by atoms with Gasteiger partial charge in [-0.3, -0.25) is 19.1 Å². The molecule has 1 saturated heterocycles. The summed E-state index contributed by atoms with van der Waals surface area (Å²) in [6.45, 7) is 2.81. The Balaban J connectivity index is 1.40. The minimum Gasteiger partial charge on any atom is -0.322 e. The van der Waals surface area contributed by atoms with Crippen molar-refractivity contribution in [3.63, 3.8) is 0 Å². The lowest BCUT2D eigenvalue weighted by molar-refractivity contribution is 0.102. The van der Waals surface area contributed by atoms with Gasteiger partial charge in [0.25, 0.3) is 5.91 Å². The monoisotopic (exact) mass is 442 g/mol. The second-order valence-corrected chi connectivity index (χ2v) is 9.23. The third-order valence-corrected chi connectivity index (χ3v) is 7.15. The largest absolute Gasteiger partial charge is 0.322 e. The molecule has 0 aliphatic carbocycles. The molecule has 32 heavy (non-hydrogen) atoms. The van der Waals surface area contributed by atoms with Crippen LogP contribution in [0.5, 0.6) is 0 Å². The summed E-state index contributed by atoms with van der Waals surface area (Å²) in [5.74, 6) is 0.501. The standard InChI is InChI=1S/C25H22N4O2S/c1-17-5-8-19(16-22(17)24-21-4-2-12-26-23(21)11-13-27-24)28-25(30)18-6-9-20(10-7-18)29-14-3-15-32(29)31/h2,4-13,16H,3,14-15H2,1H3,(H,28,30). The number of hydrogen-bond acceptors (Lipinski definition) is 4. The summed E-state index contributed by atoms with van der Waals surface area (Å²) in [5.41, 5.74) is 5.86. The maximum Gasteiger partial charge on any atom is 0.255 e. The molecule has 1 fully saturated rings. The van der Waals surface area contributed by atoms with Gasteiger partial charge in [-0.2, -0.15) is 0 Å². The van der Waals surface area contributed by atoms with E-state index in [1.807, 2.05) is 59.8 Å². The predicted octanol–water partition coefficient (Wildman–Crippen LogP) is 4.73. The van der Waals surface area contributed by atoms with Gasteiger partial charge in [-0.1, -0.05) is 6.07 Å². The number of hydrogen-bond donors (Lipinski definition) is 1. The van der Waals surface area contributed by atoms with Crippen LogP contribution in [0.1, 0.15) is 22.3 Å². The third-order valence-electron chi connectivity index (χ3n) is 5.62. The van der Waals surface area contributed by atoms with Crippen LogP contribution in [-0.4, -0.2) is 32.4 Å². The fraction of sp³-hybridized carbons (Fsp3) is 0.160. The molecule has 7 heteroatoms. The van der Waals surface area contributed by atoms with Crippen LogP contribution in [0.2, 0.25) is 0 Å². The highest BCUT2D eigenvalue weighted by molar-refractivity contribution is 7.86. The van der Waals surface area contributed by atoms with E-state index >= 15 is 0 Å². The number of pyridine rings is 2. The fourth-order valence-corrected chi connectivity index (χ4v) is 5.23. The normalized spacial score (nSPS) is 15.8. The summed E-state index contributed by atoms with van der Waals surface area (Å²) < 4.78 is 13.9. The average Bonchev–Trinajstić information content (AvgIpc) is 3.26. The minimum absolute atomic E-state index is 0.193. The Hall–Kier alpha value is -3.58. The van der Waals surface area contributed by atoms with E-state index in [-0.39, 0.29) is 5.91 Å². The van der Waals surface area contributed by atoms with E-state index in [1.54, 1.807) is 24.5 Å². The van der Waals surface area contributed by atoms with Crippen molar-refractivity contribution in [2.24, 2.45) is 0 Å². The summed E-state index contributed by atoms with van der Waals surface area (Å²) >= 11 is 0. The van der Waals surface area contributed by atoms with Crippen molar-refractivity contribution in [1.29, 1.82) is 0 Å². The predicted molar refractivity (Wildman–Crippen MR) is 129 cm³/mol. The molecular formula is C25H22N4O2S. The van der Waals surface area contributed by atoms with Crippen molar-refractivity contribution in [2.75, 3.05) is 21.9 Å². The molecule has 1 N–H and O–H groups in total. The van der Waals surface area contributed by atoms with Crippen molar-refractivity contribution in [2.45, 2.75) is 13.3 Å². The highest BCUT2D eigenvalue weighted by Gasteiger charge is 2.20. The molecule has 2 aromatic heterocycles. The lowest BCUT2D eigenvalue weighted by Gasteiger charge is -2.16. The fourth-order valence-electron chi connectivity index (χ4n) is 3.94. The lowest BCUT2D eigenvalue weighted by Crippen LogP contribution is -2.19. The molecular weight excluding hydrogens is 420 g/mol. The molecule has 1 aliphatic heterocycles. The zero-order chi connectivity index (χ0) is 22.1. The SMILES string of the molecule is Cc1ccc(NC(=O)c2ccc(N3CCCS3=O)cc2)cc1-c1nccc2ncccc12. The maximum absolute atomic E-state index is 12.8. The highest BCUT2D eigenvalue weighted by Crippen LogP contribution is 2.30. The topological polar surface area (TPSA) is 75.2 Å². The van der Waals surface area contributed by atoms with E-state index in [4.69, 9.17) is 0 Å². The van der Waals surface area contributed by atoms with Crippen LogP contribution in [0.15, 0.2) is 73.1 Å². The van der Waals surface area contributed by atoms with Crippen LogP contribution in [0.4, 0.5) is 11.4 Å². The Morgan fingerprint density at radius 3 is 2.66 bits per heavy atom. The zero-order valence-corrected chi connectivity index (χ0v) is 18.4. The van der Waals surface area contributed by atoms with Gasteiger partial charge in [0.05, 0.1) is 11.2 Å². The first-order valence-corrected chi connectivity index (χ1v) is 11.8. The molecule has 3 heterocycles. The molecule has 0 spiro atoms. The number of aromatic nitrogens is 2. The van der Waals surface area contributed by atoms with Gasteiger partial charge in [0.2, 0.25) is 0 Å². The van der Waals surface area contributed by atoms with Crippen molar-refractivity contribution < 1.29 is 9.00 Å². The first-order valence-electron chi connectivity index (χ1n) is 10.5. The van der Waals surface area contributed by atoms with Gasteiger partial charge < -0.3 is 5.32 Å². The van der Waals surface area contributed by atoms with Crippen LogP contribution in [0.25, 0.3) is 22.2 Å². The van der Waals surface area contributed by atoms with Crippen molar-refractivity contribution in [1.82, 2.24) is 9.97 Å². The number of carbonyl (C=O) groups is 1. The van der Waals surface area contributed by atoms with E-state index in [2.05, 4.69) is 15.3 Å². The van der Waals surface area contributed by atoms with Crippen LogP contribution in [0, 0.1) is 6.92 Å². The van der Waals surface area contributed by atoms with Crippen LogP contribution in [-0.2, 0) is 11.0 Å². The number of aryl methyl sites for hydroxylation is 1. The van der Waals surface area contributed by atoms with E-state index in [0.717, 1.165) is 46.4 Å². The Morgan fingerprint density at radius 2 is 1.88 bits per heavy atom. The van der Waals surface area contributed by atoms with Gasteiger partial charge in [-0.15, -0.1) is 0 Å². The van der Waals surface area contributed by atoms with Crippen LogP contribution < -0.4 is 9.62 Å². The van der Waals surface area contributed by atoms with Crippen molar-refractivity contribution in [3.8, 4) is 11.3 Å². The van der Waals surface area contributed by atoms with Gasteiger partial charge in [0.15, 0.2) is 0 Å². The second kappa shape index (κ2) is 8.51. The molecule has 160 valence electrons. The van der Waals surface area contributed by atoms with Crippen LogP contribution in [0.3, 0.4) is 0 Å². The van der Waals surface area contributed by atoms with E-state index in [1.165, 1.54) is 0 Å². The van der Waals surface area contributed by atoms with Crippen molar-refractivity contribution >= 4 is 39.2 Å². The first-order chi connectivity index (χ1) is 15.6. The van der Waals surface area contributed by atoms with Crippen LogP contribution >= 0.6 is 0 Å². The summed E-state index contributed by atoms with van der Waals surface area (Å²) in [6, 6.07) is 18.9. The Labute approximate surface area is 188 Å².